The van der Waals surface area contributed by atoms with Gasteiger partial charge in [-0.1, -0.05) is 125 Å². The van der Waals surface area contributed by atoms with Gasteiger partial charge in [0, 0.05) is 44.3 Å². The standard InChI is InChI=1S/C56H46FN3/c1-55(2)31-32-56(3,4)48-36-42(29-30-47(48)55)60-51-22-13-10-19-46(51)54-52(23-14-24-53(54)60)58(43-34-38(33-39(57)35-43)37-15-6-5-7-16-37)40-25-27-41(28-26-40)59-49-20-11-8-17-44(49)45-18-9-12-21-50(45)59/h5-30,33-36H,31-32H2,1-4H3. The summed E-state index contributed by atoms with van der Waals surface area (Å²) >= 11 is 0. The minimum Gasteiger partial charge on any atom is -0.310 e. The quantitative estimate of drug-likeness (QED) is 0.164. The summed E-state index contributed by atoms with van der Waals surface area (Å²) in [6.07, 6.45) is 2.32. The van der Waals surface area contributed by atoms with Gasteiger partial charge in [0.2, 0.25) is 0 Å². The molecule has 8 aromatic carbocycles. The lowest BCUT2D eigenvalue weighted by Gasteiger charge is -2.42. The monoisotopic (exact) mass is 779 g/mol. The lowest BCUT2D eigenvalue weighted by Crippen LogP contribution is -2.33. The van der Waals surface area contributed by atoms with Crippen molar-refractivity contribution in [3.05, 3.63) is 199 Å². The normalized spacial score (nSPS) is 14.6. The van der Waals surface area contributed by atoms with Crippen molar-refractivity contribution in [1.29, 1.82) is 0 Å². The molecule has 1 aliphatic rings. The maximum Gasteiger partial charge on any atom is 0.125 e. The van der Waals surface area contributed by atoms with Gasteiger partial charge in [-0.05, 0) is 131 Å². The minimum atomic E-state index is -0.285. The van der Waals surface area contributed by atoms with Crippen LogP contribution in [0.3, 0.4) is 0 Å². The van der Waals surface area contributed by atoms with Crippen molar-refractivity contribution in [3.63, 3.8) is 0 Å². The molecule has 0 saturated heterocycles. The predicted octanol–water partition coefficient (Wildman–Crippen LogP) is 15.5. The molecule has 292 valence electrons. The molecule has 0 aliphatic heterocycles. The number of benzene rings is 8. The van der Waals surface area contributed by atoms with Gasteiger partial charge in [0.05, 0.1) is 27.8 Å². The third kappa shape index (κ3) is 5.69. The maximum atomic E-state index is 16.1. The van der Waals surface area contributed by atoms with Crippen molar-refractivity contribution in [3.8, 4) is 22.5 Å². The van der Waals surface area contributed by atoms with E-state index in [0.29, 0.717) is 0 Å². The van der Waals surface area contributed by atoms with Crippen LogP contribution < -0.4 is 4.90 Å². The molecule has 10 aromatic rings. The largest absolute Gasteiger partial charge is 0.310 e. The Morgan fingerprint density at radius 2 is 0.983 bits per heavy atom. The second-order valence-electron chi connectivity index (χ2n) is 17.8. The Morgan fingerprint density at radius 1 is 0.433 bits per heavy atom. The molecule has 0 N–H and O–H groups in total. The van der Waals surface area contributed by atoms with Crippen LogP contribution in [-0.2, 0) is 10.8 Å². The highest BCUT2D eigenvalue weighted by molar-refractivity contribution is 6.16. The lowest BCUT2D eigenvalue weighted by atomic mass is 9.63. The van der Waals surface area contributed by atoms with Crippen molar-refractivity contribution in [2.24, 2.45) is 0 Å². The molecule has 11 rings (SSSR count). The van der Waals surface area contributed by atoms with Crippen LogP contribution in [0, 0.1) is 5.82 Å². The van der Waals surface area contributed by atoms with Crippen molar-refractivity contribution >= 4 is 60.7 Å². The van der Waals surface area contributed by atoms with Gasteiger partial charge in [-0.25, -0.2) is 4.39 Å². The van der Waals surface area contributed by atoms with E-state index in [2.05, 4.69) is 181 Å². The van der Waals surface area contributed by atoms with Gasteiger partial charge >= 0.3 is 0 Å². The average molecular weight is 780 g/mol. The Balaban J connectivity index is 1.15. The van der Waals surface area contributed by atoms with E-state index in [1.54, 1.807) is 12.1 Å². The van der Waals surface area contributed by atoms with Crippen molar-refractivity contribution in [1.82, 2.24) is 9.13 Å². The molecule has 0 unspecified atom stereocenters. The fourth-order valence-electron chi connectivity index (χ4n) is 10.1. The zero-order valence-electron chi connectivity index (χ0n) is 34.5. The number of anilines is 3. The molecule has 0 saturated carbocycles. The second kappa shape index (κ2) is 13.6. The van der Waals surface area contributed by atoms with E-state index in [1.165, 1.54) is 28.3 Å². The average Bonchev–Trinajstić information content (AvgIpc) is 3.79. The number of rotatable bonds is 6. The first-order chi connectivity index (χ1) is 29.2. The Morgan fingerprint density at radius 3 is 1.67 bits per heavy atom. The number of halogens is 1. The smallest absolute Gasteiger partial charge is 0.125 e. The van der Waals surface area contributed by atoms with Crippen LogP contribution >= 0.6 is 0 Å². The summed E-state index contributed by atoms with van der Waals surface area (Å²) in [4.78, 5) is 2.24. The Kier molecular flexibility index (Phi) is 8.19. The number of para-hydroxylation sites is 3. The summed E-state index contributed by atoms with van der Waals surface area (Å²) in [5, 5.41) is 4.71. The topological polar surface area (TPSA) is 13.1 Å². The molecule has 0 fully saturated rings. The SMILES string of the molecule is CC1(C)CCC(C)(C)c2cc(-n3c4ccccc4c4c(N(c5ccc(-n6c7ccccc7c7ccccc76)cc5)c5cc(F)cc(-c6ccccc6)c5)cccc43)ccc21. The molecule has 4 heteroatoms. The van der Waals surface area contributed by atoms with Gasteiger partial charge in [-0.3, -0.25) is 0 Å². The minimum absolute atomic E-state index is 0.0703. The van der Waals surface area contributed by atoms with E-state index in [0.717, 1.165) is 78.8 Å². The summed E-state index contributed by atoms with van der Waals surface area (Å²) in [6, 6.07) is 63.8. The van der Waals surface area contributed by atoms with E-state index < -0.39 is 0 Å². The molecule has 0 spiro atoms. The number of aromatic nitrogens is 2. The van der Waals surface area contributed by atoms with Gasteiger partial charge in [0.25, 0.3) is 0 Å². The van der Waals surface area contributed by atoms with E-state index in [9.17, 15) is 0 Å². The molecule has 60 heavy (non-hydrogen) atoms. The molecule has 2 heterocycles. The molecule has 1 aliphatic carbocycles. The molecule has 0 radical (unpaired) electrons. The van der Waals surface area contributed by atoms with Gasteiger partial charge in [0.15, 0.2) is 0 Å². The van der Waals surface area contributed by atoms with E-state index in [1.807, 2.05) is 30.3 Å². The van der Waals surface area contributed by atoms with Crippen LogP contribution in [0.15, 0.2) is 182 Å². The maximum absolute atomic E-state index is 16.1. The van der Waals surface area contributed by atoms with Crippen molar-refractivity contribution < 1.29 is 4.39 Å². The van der Waals surface area contributed by atoms with E-state index >= 15 is 4.39 Å². The summed E-state index contributed by atoms with van der Waals surface area (Å²) < 4.78 is 20.8. The molecule has 0 bridgehead atoms. The highest BCUT2D eigenvalue weighted by atomic mass is 19.1. The molecule has 0 atom stereocenters. The number of nitrogens with zero attached hydrogens (tertiary/aromatic N) is 3. The van der Waals surface area contributed by atoms with Crippen LogP contribution in [0.5, 0.6) is 0 Å². The molecule has 2 aromatic heterocycles. The highest BCUT2D eigenvalue weighted by Crippen LogP contribution is 2.49. The second-order valence-corrected chi connectivity index (χ2v) is 17.8. The zero-order chi connectivity index (χ0) is 40.8. The van der Waals surface area contributed by atoms with Crippen molar-refractivity contribution in [2.75, 3.05) is 4.90 Å². The lowest BCUT2D eigenvalue weighted by molar-refractivity contribution is 0.332. The van der Waals surface area contributed by atoms with Crippen LogP contribution in [0.25, 0.3) is 66.1 Å². The predicted molar refractivity (Wildman–Crippen MR) is 250 cm³/mol. The number of fused-ring (bicyclic) bond motifs is 7. The Hall–Kier alpha value is -6.91. The van der Waals surface area contributed by atoms with Gasteiger partial charge < -0.3 is 14.0 Å². The first-order valence-corrected chi connectivity index (χ1v) is 21.1. The Labute approximate surface area is 350 Å². The molecule has 3 nitrogen and oxygen atoms in total. The van der Waals surface area contributed by atoms with Gasteiger partial charge in [0.1, 0.15) is 5.82 Å². The third-order valence-corrected chi connectivity index (χ3v) is 13.2. The summed E-state index contributed by atoms with van der Waals surface area (Å²) in [7, 11) is 0. The van der Waals surface area contributed by atoms with Gasteiger partial charge in [-0.15, -0.1) is 0 Å². The van der Waals surface area contributed by atoms with E-state index in [-0.39, 0.29) is 16.6 Å². The zero-order valence-corrected chi connectivity index (χ0v) is 34.5. The first kappa shape index (κ1) is 36.2. The van der Waals surface area contributed by atoms with Crippen LogP contribution in [0.4, 0.5) is 21.5 Å². The number of hydrogen-bond acceptors (Lipinski definition) is 1. The Bertz CT molecular complexity index is 3220. The molecular weight excluding hydrogens is 734 g/mol. The van der Waals surface area contributed by atoms with Gasteiger partial charge in [-0.2, -0.15) is 0 Å². The third-order valence-electron chi connectivity index (χ3n) is 13.2. The first-order valence-electron chi connectivity index (χ1n) is 21.1. The van der Waals surface area contributed by atoms with Crippen LogP contribution in [-0.4, -0.2) is 9.13 Å². The molecular formula is C56H46FN3. The summed E-state index contributed by atoms with van der Waals surface area (Å²) in [5.74, 6) is -0.285. The summed E-state index contributed by atoms with van der Waals surface area (Å²) in [6.45, 7) is 9.55. The fourth-order valence-corrected chi connectivity index (χ4v) is 10.1. The fraction of sp³-hybridized carbons (Fsp3) is 0.143. The van der Waals surface area contributed by atoms with Crippen molar-refractivity contribution in [2.45, 2.75) is 51.4 Å². The van der Waals surface area contributed by atoms with Crippen LogP contribution in [0.2, 0.25) is 0 Å². The summed E-state index contributed by atoms with van der Waals surface area (Å²) in [5.41, 5.74) is 14.3. The van der Waals surface area contributed by atoms with E-state index in [4.69, 9.17) is 0 Å². The highest BCUT2D eigenvalue weighted by Gasteiger charge is 2.37. The number of hydrogen-bond donors (Lipinski definition) is 0. The van der Waals surface area contributed by atoms with Crippen LogP contribution in [0.1, 0.15) is 51.7 Å². The molecule has 0 amide bonds.